The van der Waals surface area contributed by atoms with Gasteiger partial charge in [0.25, 0.3) is 15.9 Å². The Kier molecular flexibility index (Phi) is 5.00. The molecule has 1 N–H and O–H groups in total. The number of aromatic nitrogens is 2. The standard InChI is InChI=1S/C18H16N4O3S/c19-9-3-4-11-22-13-16(15-7-1-2-8-17(15)22)18(23)21-26(24,25)14-6-5-10-20-12-14/h1-2,5-8,10,12-13H,3-4,11H2,(H,21,23). The monoisotopic (exact) mass is 368 g/mol. The van der Waals surface area contributed by atoms with E-state index in [4.69, 9.17) is 5.26 Å². The van der Waals surface area contributed by atoms with Crippen molar-refractivity contribution < 1.29 is 13.2 Å². The number of aryl methyl sites for hydroxylation is 1. The van der Waals surface area contributed by atoms with Crippen LogP contribution in [0.1, 0.15) is 23.2 Å². The lowest BCUT2D eigenvalue weighted by Gasteiger charge is -2.05. The number of rotatable bonds is 6. The summed E-state index contributed by atoms with van der Waals surface area (Å²) in [6.45, 7) is 0.566. The average Bonchev–Trinajstić information content (AvgIpc) is 3.02. The second-order valence-electron chi connectivity index (χ2n) is 5.64. The van der Waals surface area contributed by atoms with E-state index in [9.17, 15) is 13.2 Å². The molecule has 0 aliphatic carbocycles. The quantitative estimate of drug-likeness (QED) is 0.673. The highest BCUT2D eigenvalue weighted by Crippen LogP contribution is 2.22. The highest BCUT2D eigenvalue weighted by atomic mass is 32.2. The van der Waals surface area contributed by atoms with Gasteiger partial charge >= 0.3 is 0 Å². The number of nitriles is 1. The fraction of sp³-hybridized carbons (Fsp3) is 0.167. The van der Waals surface area contributed by atoms with Crippen LogP contribution in [0.15, 0.2) is 59.9 Å². The number of para-hydroxylation sites is 1. The third-order valence-corrected chi connectivity index (χ3v) is 5.21. The molecule has 7 nitrogen and oxygen atoms in total. The Morgan fingerprint density at radius 1 is 1.23 bits per heavy atom. The Morgan fingerprint density at radius 2 is 2.04 bits per heavy atom. The Labute approximate surface area is 150 Å². The predicted molar refractivity (Wildman–Crippen MR) is 95.7 cm³/mol. The molecule has 0 aliphatic heterocycles. The number of hydrogen-bond acceptors (Lipinski definition) is 5. The van der Waals surface area contributed by atoms with Gasteiger partial charge in [0.2, 0.25) is 0 Å². The zero-order valence-corrected chi connectivity index (χ0v) is 14.6. The molecule has 0 unspecified atom stereocenters. The fourth-order valence-corrected chi connectivity index (χ4v) is 3.61. The lowest BCUT2D eigenvalue weighted by molar-refractivity contribution is 0.0983. The van der Waals surface area contributed by atoms with Gasteiger partial charge in [0.05, 0.1) is 11.6 Å². The van der Waals surface area contributed by atoms with Gasteiger partial charge in [-0.25, -0.2) is 13.1 Å². The van der Waals surface area contributed by atoms with E-state index < -0.39 is 15.9 Å². The van der Waals surface area contributed by atoms with Crippen LogP contribution in [-0.4, -0.2) is 23.9 Å². The third kappa shape index (κ3) is 3.58. The van der Waals surface area contributed by atoms with Crippen molar-refractivity contribution >= 4 is 26.8 Å². The SMILES string of the molecule is N#CCCCn1cc(C(=O)NS(=O)(=O)c2cccnc2)c2ccccc21. The smallest absolute Gasteiger partial charge is 0.267 e. The summed E-state index contributed by atoms with van der Waals surface area (Å²) in [6, 6.07) is 12.2. The van der Waals surface area contributed by atoms with Gasteiger partial charge < -0.3 is 4.57 Å². The average molecular weight is 368 g/mol. The molecule has 0 aliphatic rings. The summed E-state index contributed by atoms with van der Waals surface area (Å²) in [6.07, 6.45) is 5.31. The van der Waals surface area contributed by atoms with E-state index in [-0.39, 0.29) is 10.5 Å². The molecule has 0 saturated carbocycles. The van der Waals surface area contributed by atoms with Gasteiger partial charge in [-0.15, -0.1) is 0 Å². The molecule has 0 fully saturated rings. The molecule has 0 saturated heterocycles. The highest BCUT2D eigenvalue weighted by Gasteiger charge is 2.22. The Balaban J connectivity index is 1.92. The molecular formula is C18H16N4O3S. The molecule has 132 valence electrons. The number of hydrogen-bond donors (Lipinski definition) is 1. The lowest BCUT2D eigenvalue weighted by atomic mass is 10.2. The van der Waals surface area contributed by atoms with Gasteiger partial charge in [-0.3, -0.25) is 9.78 Å². The molecule has 2 heterocycles. The van der Waals surface area contributed by atoms with Crippen molar-refractivity contribution in [3.63, 3.8) is 0 Å². The maximum Gasteiger partial charge on any atom is 0.267 e. The first-order chi connectivity index (χ1) is 12.5. The Morgan fingerprint density at radius 3 is 2.77 bits per heavy atom. The number of sulfonamides is 1. The minimum Gasteiger partial charge on any atom is -0.347 e. The molecule has 0 bridgehead atoms. The number of fused-ring (bicyclic) bond motifs is 1. The van der Waals surface area contributed by atoms with Crippen LogP contribution < -0.4 is 4.72 Å². The number of amides is 1. The summed E-state index contributed by atoms with van der Waals surface area (Å²) in [5, 5.41) is 9.35. The summed E-state index contributed by atoms with van der Waals surface area (Å²) < 4.78 is 28.7. The van der Waals surface area contributed by atoms with Crippen molar-refractivity contribution in [2.75, 3.05) is 0 Å². The molecule has 8 heteroatoms. The van der Waals surface area contributed by atoms with Crippen LogP contribution in [0.3, 0.4) is 0 Å². The van der Waals surface area contributed by atoms with E-state index in [1.807, 2.05) is 16.7 Å². The number of pyridine rings is 1. The first kappa shape index (κ1) is 17.6. The summed E-state index contributed by atoms with van der Waals surface area (Å²) in [5.41, 5.74) is 1.08. The van der Waals surface area contributed by atoms with Crippen LogP contribution in [-0.2, 0) is 16.6 Å². The van der Waals surface area contributed by atoms with Crippen molar-refractivity contribution in [3.05, 3.63) is 60.6 Å². The minimum absolute atomic E-state index is 0.0777. The van der Waals surface area contributed by atoms with Crippen molar-refractivity contribution in [1.29, 1.82) is 5.26 Å². The van der Waals surface area contributed by atoms with E-state index in [0.717, 1.165) is 5.52 Å². The molecular weight excluding hydrogens is 352 g/mol. The van der Waals surface area contributed by atoms with Crippen LogP contribution >= 0.6 is 0 Å². The number of carbonyl (C=O) groups is 1. The zero-order valence-electron chi connectivity index (χ0n) is 13.8. The second kappa shape index (κ2) is 7.37. The van der Waals surface area contributed by atoms with E-state index in [1.165, 1.54) is 24.5 Å². The number of carbonyl (C=O) groups excluding carboxylic acids is 1. The maximum absolute atomic E-state index is 12.6. The van der Waals surface area contributed by atoms with E-state index in [0.29, 0.717) is 24.8 Å². The summed E-state index contributed by atoms with van der Waals surface area (Å²) >= 11 is 0. The van der Waals surface area contributed by atoms with Crippen LogP contribution in [0.4, 0.5) is 0 Å². The summed E-state index contributed by atoms with van der Waals surface area (Å²) in [7, 11) is -4.00. The van der Waals surface area contributed by atoms with Crippen LogP contribution in [0.2, 0.25) is 0 Å². The van der Waals surface area contributed by atoms with Gasteiger partial charge in [-0.1, -0.05) is 18.2 Å². The lowest BCUT2D eigenvalue weighted by Crippen LogP contribution is -2.30. The van der Waals surface area contributed by atoms with Crippen LogP contribution in [0, 0.1) is 11.3 Å². The predicted octanol–water partition coefficient (Wildman–Crippen LogP) is 2.46. The molecule has 3 aromatic rings. The molecule has 1 aromatic carbocycles. The number of nitrogens with one attached hydrogen (secondary N) is 1. The van der Waals surface area contributed by atoms with Gasteiger partial charge in [0, 0.05) is 42.5 Å². The molecule has 1 amide bonds. The fourth-order valence-electron chi connectivity index (χ4n) is 2.68. The Hall–Kier alpha value is -3.18. The largest absolute Gasteiger partial charge is 0.347 e. The molecule has 2 aromatic heterocycles. The molecule has 3 rings (SSSR count). The summed E-state index contributed by atoms with van der Waals surface area (Å²) in [5.74, 6) is -0.705. The van der Waals surface area contributed by atoms with E-state index in [2.05, 4.69) is 15.8 Å². The Bertz CT molecular complexity index is 1080. The minimum atomic E-state index is -4.00. The highest BCUT2D eigenvalue weighted by molar-refractivity contribution is 7.90. The maximum atomic E-state index is 12.6. The van der Waals surface area contributed by atoms with Gasteiger partial charge in [0.1, 0.15) is 4.90 Å². The molecule has 0 atom stereocenters. The topological polar surface area (TPSA) is 105 Å². The van der Waals surface area contributed by atoms with E-state index >= 15 is 0 Å². The van der Waals surface area contributed by atoms with Gasteiger partial charge in [0.15, 0.2) is 0 Å². The number of benzene rings is 1. The zero-order chi connectivity index (χ0) is 18.6. The van der Waals surface area contributed by atoms with Crippen molar-refractivity contribution in [2.45, 2.75) is 24.3 Å². The summed E-state index contributed by atoms with van der Waals surface area (Å²) in [4.78, 5) is 16.3. The van der Waals surface area contributed by atoms with Crippen molar-refractivity contribution in [2.24, 2.45) is 0 Å². The normalized spacial score (nSPS) is 11.2. The number of nitrogens with zero attached hydrogens (tertiary/aromatic N) is 3. The first-order valence-corrected chi connectivity index (χ1v) is 9.43. The first-order valence-electron chi connectivity index (χ1n) is 7.95. The third-order valence-electron chi connectivity index (χ3n) is 3.89. The molecule has 0 spiro atoms. The molecule has 0 radical (unpaired) electrons. The van der Waals surface area contributed by atoms with Gasteiger partial charge in [-0.2, -0.15) is 5.26 Å². The van der Waals surface area contributed by atoms with Crippen molar-refractivity contribution in [1.82, 2.24) is 14.3 Å². The van der Waals surface area contributed by atoms with Gasteiger partial charge in [-0.05, 0) is 24.6 Å². The number of unbranched alkanes of at least 4 members (excludes halogenated alkanes) is 1. The van der Waals surface area contributed by atoms with Crippen LogP contribution in [0.5, 0.6) is 0 Å². The van der Waals surface area contributed by atoms with Crippen LogP contribution in [0.25, 0.3) is 10.9 Å². The second-order valence-corrected chi connectivity index (χ2v) is 7.32. The molecule has 26 heavy (non-hydrogen) atoms. The van der Waals surface area contributed by atoms with E-state index in [1.54, 1.807) is 18.3 Å². The van der Waals surface area contributed by atoms with Crippen molar-refractivity contribution in [3.8, 4) is 6.07 Å².